The van der Waals surface area contributed by atoms with Crippen LogP contribution in [0.5, 0.6) is 5.75 Å². The summed E-state index contributed by atoms with van der Waals surface area (Å²) in [6.45, 7) is 4.16. The molecule has 1 aromatic rings. The highest BCUT2D eigenvalue weighted by Crippen LogP contribution is 2.18. The second kappa shape index (κ2) is 10.2. The minimum atomic E-state index is 0.954. The van der Waals surface area contributed by atoms with E-state index >= 15 is 0 Å². The van der Waals surface area contributed by atoms with Gasteiger partial charge in [0.1, 0.15) is 5.75 Å². The molecule has 0 spiro atoms. The lowest BCUT2D eigenvalue weighted by atomic mass is 10.1. The van der Waals surface area contributed by atoms with E-state index in [4.69, 9.17) is 4.74 Å². The van der Waals surface area contributed by atoms with E-state index in [1.807, 2.05) is 11.8 Å². The zero-order chi connectivity index (χ0) is 13.9. The van der Waals surface area contributed by atoms with Gasteiger partial charge >= 0.3 is 0 Å². The summed E-state index contributed by atoms with van der Waals surface area (Å²) in [5, 5.41) is 3.51. The van der Waals surface area contributed by atoms with Crippen LogP contribution in [-0.4, -0.2) is 25.7 Å². The Morgan fingerprint density at radius 1 is 1.16 bits per heavy atom. The van der Waals surface area contributed by atoms with Crippen LogP contribution in [0.4, 0.5) is 0 Å². The van der Waals surface area contributed by atoms with Crippen LogP contribution in [-0.2, 0) is 6.54 Å². The molecule has 0 radical (unpaired) electrons. The molecule has 3 heteroatoms. The Labute approximate surface area is 122 Å². The fourth-order valence-electron chi connectivity index (χ4n) is 2.13. The number of rotatable bonds is 10. The van der Waals surface area contributed by atoms with Crippen molar-refractivity contribution in [2.24, 2.45) is 0 Å². The zero-order valence-electron chi connectivity index (χ0n) is 12.5. The van der Waals surface area contributed by atoms with E-state index in [0.29, 0.717) is 0 Å². The third-order valence-electron chi connectivity index (χ3n) is 3.24. The van der Waals surface area contributed by atoms with Gasteiger partial charge in [0.2, 0.25) is 0 Å². The first-order valence-electron chi connectivity index (χ1n) is 7.11. The first kappa shape index (κ1) is 16.4. The molecule has 0 aliphatic heterocycles. The maximum atomic E-state index is 5.27. The van der Waals surface area contributed by atoms with Gasteiger partial charge < -0.3 is 10.1 Å². The lowest BCUT2D eigenvalue weighted by molar-refractivity contribution is 0.411. The van der Waals surface area contributed by atoms with E-state index in [1.54, 1.807) is 7.11 Å². The number of thioether (sulfide) groups is 1. The first-order chi connectivity index (χ1) is 9.27. The summed E-state index contributed by atoms with van der Waals surface area (Å²) in [6, 6.07) is 6.39. The van der Waals surface area contributed by atoms with Crippen molar-refractivity contribution in [2.75, 3.05) is 25.7 Å². The van der Waals surface area contributed by atoms with Gasteiger partial charge in [-0.1, -0.05) is 25.0 Å². The van der Waals surface area contributed by atoms with Gasteiger partial charge in [-0.25, -0.2) is 0 Å². The average Bonchev–Trinajstić information content (AvgIpc) is 2.42. The van der Waals surface area contributed by atoms with Gasteiger partial charge in [-0.2, -0.15) is 11.8 Å². The van der Waals surface area contributed by atoms with Gasteiger partial charge in [-0.3, -0.25) is 0 Å². The van der Waals surface area contributed by atoms with Gasteiger partial charge in [0.25, 0.3) is 0 Å². The van der Waals surface area contributed by atoms with Gasteiger partial charge in [0.15, 0.2) is 0 Å². The van der Waals surface area contributed by atoms with Crippen molar-refractivity contribution in [3.05, 3.63) is 29.3 Å². The maximum Gasteiger partial charge on any atom is 0.121 e. The zero-order valence-corrected chi connectivity index (χ0v) is 13.3. The number of benzene rings is 1. The number of unbranched alkanes of at least 4 members (excludes halogenated alkanes) is 3. The molecular formula is C16H27NOS. The van der Waals surface area contributed by atoms with E-state index < -0.39 is 0 Å². The van der Waals surface area contributed by atoms with Crippen molar-refractivity contribution in [3.8, 4) is 5.75 Å². The highest BCUT2D eigenvalue weighted by atomic mass is 32.2. The molecule has 1 N–H and O–H groups in total. The van der Waals surface area contributed by atoms with Crippen LogP contribution in [0.3, 0.4) is 0 Å². The van der Waals surface area contributed by atoms with Crippen LogP contribution < -0.4 is 10.1 Å². The second-order valence-electron chi connectivity index (χ2n) is 4.89. The number of nitrogens with one attached hydrogen (secondary N) is 1. The molecule has 0 unspecified atom stereocenters. The maximum absolute atomic E-state index is 5.27. The topological polar surface area (TPSA) is 21.3 Å². The normalized spacial score (nSPS) is 10.7. The van der Waals surface area contributed by atoms with Crippen LogP contribution in [0.1, 0.15) is 36.8 Å². The Hall–Kier alpha value is -0.670. The summed E-state index contributed by atoms with van der Waals surface area (Å²) in [7, 11) is 1.72. The molecule has 0 bridgehead atoms. The Bertz CT molecular complexity index is 355. The summed E-state index contributed by atoms with van der Waals surface area (Å²) in [6.07, 6.45) is 7.53. The molecule has 0 heterocycles. The molecule has 0 aliphatic carbocycles. The molecule has 19 heavy (non-hydrogen) atoms. The fourth-order valence-corrected chi connectivity index (χ4v) is 2.63. The van der Waals surface area contributed by atoms with E-state index in [-0.39, 0.29) is 0 Å². The lowest BCUT2D eigenvalue weighted by Crippen LogP contribution is -2.14. The predicted octanol–water partition coefficient (Wildman–Crippen LogP) is 4.02. The fraction of sp³-hybridized carbons (Fsp3) is 0.625. The second-order valence-corrected chi connectivity index (χ2v) is 5.87. The average molecular weight is 281 g/mol. The third kappa shape index (κ3) is 6.88. The van der Waals surface area contributed by atoms with E-state index in [9.17, 15) is 0 Å². The van der Waals surface area contributed by atoms with Gasteiger partial charge in [-0.05, 0) is 55.5 Å². The van der Waals surface area contributed by atoms with Gasteiger partial charge in [0, 0.05) is 6.54 Å². The smallest absolute Gasteiger partial charge is 0.121 e. The molecular weight excluding hydrogens is 254 g/mol. The van der Waals surface area contributed by atoms with Crippen molar-refractivity contribution in [1.29, 1.82) is 0 Å². The lowest BCUT2D eigenvalue weighted by Gasteiger charge is -2.08. The number of ether oxygens (including phenoxy) is 1. The minimum absolute atomic E-state index is 0.954. The molecule has 0 saturated heterocycles. The summed E-state index contributed by atoms with van der Waals surface area (Å²) < 4.78 is 5.27. The molecule has 0 amide bonds. The molecule has 0 aliphatic rings. The molecule has 0 aromatic heterocycles. The molecule has 0 fully saturated rings. The standard InChI is InChI=1S/C16H27NOS/c1-14-12-15(8-9-16(14)18-2)13-17-10-6-4-5-7-11-19-3/h8-9,12,17H,4-7,10-11,13H2,1-3H3. The predicted molar refractivity (Wildman–Crippen MR) is 86.3 cm³/mol. The summed E-state index contributed by atoms with van der Waals surface area (Å²) in [4.78, 5) is 0. The SMILES string of the molecule is COc1ccc(CNCCCCCCSC)cc1C. The van der Waals surface area contributed by atoms with Crippen LogP contribution >= 0.6 is 11.8 Å². The Kier molecular flexibility index (Phi) is 8.76. The first-order valence-corrected chi connectivity index (χ1v) is 8.50. The van der Waals surface area contributed by atoms with Crippen LogP contribution in [0.25, 0.3) is 0 Å². The number of methoxy groups -OCH3 is 1. The highest BCUT2D eigenvalue weighted by molar-refractivity contribution is 7.98. The number of aryl methyl sites for hydroxylation is 1. The van der Waals surface area contributed by atoms with E-state index in [1.165, 1.54) is 42.6 Å². The van der Waals surface area contributed by atoms with E-state index in [0.717, 1.165) is 18.8 Å². The van der Waals surface area contributed by atoms with Gasteiger partial charge in [-0.15, -0.1) is 0 Å². The molecule has 108 valence electrons. The molecule has 0 saturated carbocycles. The van der Waals surface area contributed by atoms with Crippen molar-refractivity contribution in [2.45, 2.75) is 39.2 Å². The summed E-state index contributed by atoms with van der Waals surface area (Å²) >= 11 is 1.95. The monoisotopic (exact) mass is 281 g/mol. The van der Waals surface area contributed by atoms with Crippen molar-refractivity contribution in [1.82, 2.24) is 5.32 Å². The molecule has 1 rings (SSSR count). The van der Waals surface area contributed by atoms with Crippen LogP contribution in [0.15, 0.2) is 18.2 Å². The molecule has 1 aromatic carbocycles. The number of hydrogen-bond donors (Lipinski definition) is 1. The summed E-state index contributed by atoms with van der Waals surface area (Å²) in [5.41, 5.74) is 2.54. The third-order valence-corrected chi connectivity index (χ3v) is 3.94. The van der Waals surface area contributed by atoms with Crippen LogP contribution in [0, 0.1) is 6.92 Å². The quantitative estimate of drug-likeness (QED) is 0.655. The number of hydrogen-bond acceptors (Lipinski definition) is 3. The summed E-state index contributed by atoms with van der Waals surface area (Å²) in [5.74, 6) is 2.27. The van der Waals surface area contributed by atoms with E-state index in [2.05, 4.69) is 36.7 Å². The molecule has 0 atom stereocenters. The van der Waals surface area contributed by atoms with Crippen molar-refractivity contribution >= 4 is 11.8 Å². The Morgan fingerprint density at radius 2 is 1.95 bits per heavy atom. The minimum Gasteiger partial charge on any atom is -0.496 e. The molecule has 2 nitrogen and oxygen atoms in total. The Balaban J connectivity index is 2.11. The van der Waals surface area contributed by atoms with Crippen molar-refractivity contribution < 1.29 is 4.74 Å². The van der Waals surface area contributed by atoms with Crippen molar-refractivity contribution in [3.63, 3.8) is 0 Å². The van der Waals surface area contributed by atoms with Gasteiger partial charge in [0.05, 0.1) is 7.11 Å². The Morgan fingerprint density at radius 3 is 2.63 bits per heavy atom. The highest BCUT2D eigenvalue weighted by Gasteiger charge is 1.99. The largest absolute Gasteiger partial charge is 0.496 e. The van der Waals surface area contributed by atoms with Crippen LogP contribution in [0.2, 0.25) is 0 Å².